The molecule has 1 aromatic carbocycles. The molecular formula is C18H16N2O2S3. The summed E-state index contributed by atoms with van der Waals surface area (Å²) in [5, 5.41) is 3.19. The summed E-state index contributed by atoms with van der Waals surface area (Å²) in [4.78, 5) is 17.9. The molecule has 0 fully saturated rings. The maximum absolute atomic E-state index is 12.4. The molecule has 7 heteroatoms. The maximum Gasteiger partial charge on any atom is 0.328 e. The van der Waals surface area contributed by atoms with Gasteiger partial charge in [-0.2, -0.15) is 0 Å². The first kappa shape index (κ1) is 16.6. The summed E-state index contributed by atoms with van der Waals surface area (Å²) in [6, 6.07) is 11.8. The Balaban J connectivity index is 1.69. The maximum atomic E-state index is 12.4. The molecule has 0 saturated carbocycles. The molecule has 1 aliphatic rings. The number of carbonyl (C=O) groups excluding carboxylic acids is 1. The van der Waals surface area contributed by atoms with Gasteiger partial charge in [0.05, 0.1) is 17.9 Å². The van der Waals surface area contributed by atoms with Gasteiger partial charge in [0.2, 0.25) is 0 Å². The van der Waals surface area contributed by atoms with Crippen LogP contribution in [0.3, 0.4) is 0 Å². The Morgan fingerprint density at radius 3 is 2.96 bits per heavy atom. The van der Waals surface area contributed by atoms with E-state index in [9.17, 15) is 4.79 Å². The molecule has 3 aromatic rings. The topological polar surface area (TPSA) is 45.3 Å². The molecule has 0 radical (unpaired) electrons. The van der Waals surface area contributed by atoms with E-state index in [2.05, 4.69) is 17.1 Å². The smallest absolute Gasteiger partial charge is 0.328 e. The molecule has 1 N–H and O–H groups in total. The second-order valence-electron chi connectivity index (χ2n) is 5.80. The van der Waals surface area contributed by atoms with E-state index < -0.39 is 6.04 Å². The van der Waals surface area contributed by atoms with Gasteiger partial charge in [-0.25, -0.2) is 4.79 Å². The van der Waals surface area contributed by atoms with Crippen LogP contribution in [0.15, 0.2) is 46.0 Å². The zero-order valence-corrected chi connectivity index (χ0v) is 16.0. The van der Waals surface area contributed by atoms with Gasteiger partial charge in [0.25, 0.3) is 0 Å². The summed E-state index contributed by atoms with van der Waals surface area (Å²) < 4.78 is 6.87. The van der Waals surface area contributed by atoms with Crippen molar-refractivity contribution in [2.75, 3.05) is 7.11 Å². The number of esters is 1. The third-order valence-electron chi connectivity index (χ3n) is 4.39. The Hall–Kier alpha value is -1.83. The van der Waals surface area contributed by atoms with E-state index in [1.807, 2.05) is 34.5 Å². The summed E-state index contributed by atoms with van der Waals surface area (Å²) in [7, 11) is 1.43. The number of para-hydroxylation sites is 1. The second kappa shape index (κ2) is 6.82. The van der Waals surface area contributed by atoms with Gasteiger partial charge in [-0.05, 0) is 34.8 Å². The number of benzene rings is 1. The number of nitrogens with one attached hydrogen (secondary N) is 1. The van der Waals surface area contributed by atoms with Crippen LogP contribution in [0, 0.1) is 0 Å². The highest BCUT2D eigenvalue weighted by Gasteiger charge is 2.35. The number of fused-ring (bicyclic) bond motifs is 3. The fourth-order valence-electron chi connectivity index (χ4n) is 3.21. The predicted molar refractivity (Wildman–Crippen MR) is 106 cm³/mol. The average molecular weight is 389 g/mol. The minimum absolute atomic E-state index is 0.245. The van der Waals surface area contributed by atoms with Gasteiger partial charge < -0.3 is 14.6 Å². The summed E-state index contributed by atoms with van der Waals surface area (Å²) in [6.45, 7) is 0.584. The van der Waals surface area contributed by atoms with E-state index in [0.717, 1.165) is 15.4 Å². The van der Waals surface area contributed by atoms with E-state index >= 15 is 0 Å². The van der Waals surface area contributed by atoms with Crippen molar-refractivity contribution in [3.05, 3.63) is 53.0 Å². The first-order chi connectivity index (χ1) is 12.2. The number of aromatic nitrogens is 1. The number of ether oxygens (including phenoxy) is 1. The summed E-state index contributed by atoms with van der Waals surface area (Å²) in [6.07, 6.45) is 0.594. The van der Waals surface area contributed by atoms with Gasteiger partial charge in [0, 0.05) is 23.0 Å². The van der Waals surface area contributed by atoms with E-state index in [0.29, 0.717) is 17.3 Å². The van der Waals surface area contributed by atoms with E-state index in [-0.39, 0.29) is 5.97 Å². The number of hydrogen-bond acceptors (Lipinski definition) is 5. The zero-order chi connectivity index (χ0) is 17.4. The highest BCUT2D eigenvalue weighted by Crippen LogP contribution is 2.34. The van der Waals surface area contributed by atoms with E-state index in [1.54, 1.807) is 11.3 Å². The van der Waals surface area contributed by atoms with Crippen molar-refractivity contribution in [2.45, 2.75) is 23.2 Å². The molecule has 4 rings (SSSR count). The number of thiocarbonyl (C=S) groups is 1. The Kier molecular flexibility index (Phi) is 4.54. The van der Waals surface area contributed by atoms with Crippen LogP contribution in [0.4, 0.5) is 0 Å². The van der Waals surface area contributed by atoms with Crippen molar-refractivity contribution < 1.29 is 9.53 Å². The molecule has 3 heterocycles. The van der Waals surface area contributed by atoms with E-state index in [4.69, 9.17) is 17.0 Å². The highest BCUT2D eigenvalue weighted by atomic mass is 32.2. The van der Waals surface area contributed by atoms with Crippen molar-refractivity contribution in [1.82, 2.24) is 9.88 Å². The number of carbonyl (C=O) groups is 1. The third kappa shape index (κ3) is 3.07. The molecule has 1 aliphatic heterocycles. The standard InChI is InChI=1S/C18H16N2O2S3/c1-22-17(21)15-9-12-11-5-2-3-6-13(11)19-14(12)10-20(15)18(23)25-16-7-4-8-24-16/h2-8,15,19H,9-10H2,1H3/t15-/m0/s1. The Bertz CT molecular complexity index is 933. The summed E-state index contributed by atoms with van der Waals surface area (Å²) >= 11 is 8.82. The van der Waals surface area contributed by atoms with Gasteiger partial charge in [0.1, 0.15) is 10.4 Å². The highest BCUT2D eigenvalue weighted by molar-refractivity contribution is 8.23. The zero-order valence-electron chi connectivity index (χ0n) is 13.5. The summed E-state index contributed by atoms with van der Waals surface area (Å²) in [5.41, 5.74) is 3.40. The number of H-pyrrole nitrogens is 1. The monoisotopic (exact) mass is 388 g/mol. The lowest BCUT2D eigenvalue weighted by molar-refractivity contribution is -0.145. The Morgan fingerprint density at radius 2 is 2.20 bits per heavy atom. The number of thiophene rings is 1. The number of aromatic amines is 1. The molecule has 25 heavy (non-hydrogen) atoms. The number of nitrogens with zero attached hydrogens (tertiary/aromatic N) is 1. The second-order valence-corrected chi connectivity index (χ2v) is 8.68. The first-order valence-electron chi connectivity index (χ1n) is 7.85. The third-order valence-corrected chi connectivity index (χ3v) is 6.83. The fraction of sp³-hybridized carbons (Fsp3) is 0.222. The minimum Gasteiger partial charge on any atom is -0.467 e. The van der Waals surface area contributed by atoms with Gasteiger partial charge in [0.15, 0.2) is 0 Å². The Morgan fingerprint density at radius 1 is 1.36 bits per heavy atom. The molecule has 0 amide bonds. The molecule has 4 nitrogen and oxygen atoms in total. The molecule has 2 aromatic heterocycles. The van der Waals surface area contributed by atoms with Crippen molar-refractivity contribution >= 4 is 56.5 Å². The molecular weight excluding hydrogens is 372 g/mol. The summed E-state index contributed by atoms with van der Waals surface area (Å²) in [5.74, 6) is -0.245. The van der Waals surface area contributed by atoms with Crippen LogP contribution in [-0.4, -0.2) is 33.3 Å². The molecule has 0 spiro atoms. The molecule has 0 saturated heterocycles. The normalized spacial score (nSPS) is 16.7. The van der Waals surface area contributed by atoms with Crippen molar-refractivity contribution in [3.63, 3.8) is 0 Å². The molecule has 128 valence electrons. The minimum atomic E-state index is -0.392. The van der Waals surface area contributed by atoms with Gasteiger partial charge in [-0.15, -0.1) is 11.3 Å². The molecule has 0 unspecified atom stereocenters. The van der Waals surface area contributed by atoms with Gasteiger partial charge in [-0.1, -0.05) is 36.5 Å². The SMILES string of the molecule is COC(=O)[C@@H]1Cc2c([nH]c3ccccc23)CN1C(=S)Sc1cccs1. The van der Waals surface area contributed by atoms with Gasteiger partial charge >= 0.3 is 5.97 Å². The number of hydrogen-bond donors (Lipinski definition) is 1. The van der Waals surface area contributed by atoms with Crippen LogP contribution in [0.5, 0.6) is 0 Å². The lowest BCUT2D eigenvalue weighted by Gasteiger charge is -2.35. The van der Waals surface area contributed by atoms with Crippen molar-refractivity contribution in [3.8, 4) is 0 Å². The fourth-order valence-corrected chi connectivity index (χ4v) is 5.50. The quantitative estimate of drug-likeness (QED) is 0.405. The van der Waals surface area contributed by atoms with Crippen LogP contribution in [0.1, 0.15) is 11.3 Å². The van der Waals surface area contributed by atoms with Crippen LogP contribution in [-0.2, 0) is 22.5 Å². The first-order valence-corrected chi connectivity index (χ1v) is 9.96. The lowest BCUT2D eigenvalue weighted by atomic mass is 9.97. The number of rotatable bonds is 2. The van der Waals surface area contributed by atoms with E-state index in [1.165, 1.54) is 29.8 Å². The predicted octanol–water partition coefficient (Wildman–Crippen LogP) is 4.21. The molecule has 1 atom stereocenters. The van der Waals surface area contributed by atoms with Crippen molar-refractivity contribution in [2.24, 2.45) is 0 Å². The van der Waals surface area contributed by atoms with Crippen LogP contribution in [0.2, 0.25) is 0 Å². The Labute approximate surface area is 159 Å². The number of thioether (sulfide) groups is 1. The van der Waals surface area contributed by atoms with Gasteiger partial charge in [-0.3, -0.25) is 0 Å². The van der Waals surface area contributed by atoms with Crippen molar-refractivity contribution in [1.29, 1.82) is 0 Å². The lowest BCUT2D eigenvalue weighted by Crippen LogP contribution is -2.47. The van der Waals surface area contributed by atoms with Crippen LogP contribution < -0.4 is 0 Å². The number of methoxy groups -OCH3 is 1. The largest absolute Gasteiger partial charge is 0.467 e. The molecule has 0 aliphatic carbocycles. The van der Waals surface area contributed by atoms with Crippen LogP contribution >= 0.6 is 35.3 Å². The average Bonchev–Trinajstić information content (AvgIpc) is 3.26. The van der Waals surface area contributed by atoms with Crippen LogP contribution in [0.25, 0.3) is 10.9 Å². The molecule has 0 bridgehead atoms.